The van der Waals surface area contributed by atoms with Crippen molar-refractivity contribution in [2.24, 2.45) is 0 Å². The van der Waals surface area contributed by atoms with Crippen molar-refractivity contribution in [1.82, 2.24) is 0 Å². The summed E-state index contributed by atoms with van der Waals surface area (Å²) in [7, 11) is -4.10. The van der Waals surface area contributed by atoms with Crippen LogP contribution in [0.2, 0.25) is 36.3 Å². The molecule has 0 amide bonds. The quantitative estimate of drug-likeness (QED) is 0.307. The number of hydrogen-bond acceptors (Lipinski definition) is 5. The molecule has 1 unspecified atom stereocenters. The lowest BCUT2D eigenvalue weighted by Crippen LogP contribution is -2.62. The van der Waals surface area contributed by atoms with Crippen molar-refractivity contribution in [2.75, 3.05) is 11.0 Å². The maximum atomic E-state index is 9.84. The van der Waals surface area contributed by atoms with Crippen LogP contribution in [0.4, 0.5) is 0 Å². The van der Waals surface area contributed by atoms with Gasteiger partial charge in [-0.25, -0.2) is 0 Å². The van der Waals surface area contributed by atoms with Gasteiger partial charge in [-0.05, 0) is 36.3 Å². The molecule has 2 heterocycles. The first-order valence-corrected chi connectivity index (χ1v) is 17.2. The van der Waals surface area contributed by atoms with Crippen LogP contribution in [0.5, 0.6) is 0 Å². The number of aliphatic hydroxyl groups is 1. The topological polar surface area (TPSA) is 57.2 Å². The van der Waals surface area contributed by atoms with Gasteiger partial charge in [0.2, 0.25) is 5.79 Å². The van der Waals surface area contributed by atoms with Gasteiger partial charge in [-0.1, -0.05) is 64.1 Å². The number of halogens is 1. The summed E-state index contributed by atoms with van der Waals surface area (Å²) in [5.41, 5.74) is 0. The second-order valence-electron chi connectivity index (χ2n) is 11.0. The Hall–Kier alpha value is 0.964. The van der Waals surface area contributed by atoms with Crippen molar-refractivity contribution >= 4 is 39.2 Å². The summed E-state index contributed by atoms with van der Waals surface area (Å²) in [6.45, 7) is 22.4. The maximum absolute atomic E-state index is 9.84. The normalized spacial score (nSPS) is 35.1. The smallest absolute Gasteiger partial charge is 0.206 e. The summed E-state index contributed by atoms with van der Waals surface area (Å²) in [6.07, 6.45) is -1.11. The van der Waals surface area contributed by atoms with Crippen molar-refractivity contribution < 1.29 is 23.4 Å². The second-order valence-corrected chi connectivity index (χ2v) is 21.3. The Bertz CT molecular complexity index is 543. The van der Waals surface area contributed by atoms with Crippen molar-refractivity contribution in [2.45, 2.75) is 108 Å². The lowest BCUT2D eigenvalue weighted by atomic mass is 9.99. The number of rotatable bonds is 6. The van der Waals surface area contributed by atoms with E-state index in [2.05, 4.69) is 90.3 Å². The fourth-order valence-corrected chi connectivity index (χ4v) is 6.46. The highest BCUT2D eigenvalue weighted by molar-refractivity contribution is 14.1. The molecule has 2 aliphatic rings. The third kappa shape index (κ3) is 4.38. The van der Waals surface area contributed by atoms with E-state index in [9.17, 15) is 5.11 Å². The Kier molecular flexibility index (Phi) is 6.81. The Morgan fingerprint density at radius 2 is 1.41 bits per heavy atom. The van der Waals surface area contributed by atoms with Crippen LogP contribution in [0.15, 0.2) is 0 Å². The Labute approximate surface area is 181 Å². The van der Waals surface area contributed by atoms with Gasteiger partial charge in [0.1, 0.15) is 24.4 Å². The van der Waals surface area contributed by atoms with E-state index in [-0.39, 0.29) is 41.1 Å². The van der Waals surface area contributed by atoms with E-state index in [1.54, 1.807) is 0 Å². The van der Waals surface area contributed by atoms with Crippen LogP contribution in [0.25, 0.3) is 0 Å². The first-order chi connectivity index (χ1) is 12.0. The van der Waals surface area contributed by atoms with E-state index in [0.29, 0.717) is 4.43 Å². The van der Waals surface area contributed by atoms with Gasteiger partial charge in [-0.2, -0.15) is 0 Å². The molecule has 0 aliphatic carbocycles. The summed E-state index contributed by atoms with van der Waals surface area (Å²) in [5.74, 6) is -0.832. The van der Waals surface area contributed by atoms with Crippen molar-refractivity contribution in [3.8, 4) is 0 Å². The lowest BCUT2D eigenvalue weighted by molar-refractivity contribution is -0.201. The molecule has 0 saturated carbocycles. The first kappa shape index (κ1) is 24.2. The van der Waals surface area contributed by atoms with Crippen LogP contribution >= 0.6 is 22.6 Å². The zero-order valence-electron chi connectivity index (χ0n) is 18.7. The molecule has 2 saturated heterocycles. The third-order valence-electron chi connectivity index (χ3n) is 6.94. The molecule has 160 valence electrons. The zero-order valence-corrected chi connectivity index (χ0v) is 22.8. The summed E-state index contributed by atoms with van der Waals surface area (Å²) in [6, 6.07) is 0. The number of alkyl halides is 1. The third-order valence-corrected chi connectivity index (χ3v) is 16.9. The fraction of sp³-hybridized carbons (Fsp3) is 1.00. The molecular formula is C19H39IO5Si2. The molecule has 5 nitrogen and oxygen atoms in total. The van der Waals surface area contributed by atoms with E-state index < -0.39 is 22.4 Å². The molecule has 2 aliphatic heterocycles. The molecule has 0 aromatic carbocycles. The molecule has 0 aromatic heterocycles. The van der Waals surface area contributed by atoms with Gasteiger partial charge in [0, 0.05) is 0 Å². The molecule has 2 fully saturated rings. The van der Waals surface area contributed by atoms with E-state index in [1.165, 1.54) is 0 Å². The first-order valence-electron chi connectivity index (χ1n) is 9.89. The molecule has 0 spiro atoms. The van der Waals surface area contributed by atoms with Gasteiger partial charge < -0.3 is 23.4 Å². The highest BCUT2D eigenvalue weighted by atomic mass is 127. The predicted molar refractivity (Wildman–Crippen MR) is 123 cm³/mol. The van der Waals surface area contributed by atoms with Crippen molar-refractivity contribution in [1.29, 1.82) is 0 Å². The van der Waals surface area contributed by atoms with Gasteiger partial charge in [0.25, 0.3) is 0 Å². The van der Waals surface area contributed by atoms with Crippen LogP contribution in [-0.4, -0.2) is 63.0 Å². The Balaban J connectivity index is 2.41. The molecule has 1 N–H and O–H groups in total. The summed E-state index contributed by atoms with van der Waals surface area (Å²) in [5, 5.41) is 10.0. The minimum absolute atomic E-state index is 0.0623. The largest absolute Gasteiger partial charge is 0.408 e. The predicted octanol–water partition coefficient (Wildman–Crippen LogP) is 4.69. The maximum Gasteiger partial charge on any atom is 0.206 e. The molecule has 8 heteroatoms. The summed E-state index contributed by atoms with van der Waals surface area (Å²) < 4.78 is 26.9. The highest BCUT2D eigenvalue weighted by Crippen LogP contribution is 2.51. The lowest BCUT2D eigenvalue weighted by Gasteiger charge is -2.48. The number of ether oxygens (including phenoxy) is 2. The zero-order chi connectivity index (χ0) is 21.1. The van der Waals surface area contributed by atoms with Crippen LogP contribution in [-0.2, 0) is 18.3 Å². The molecule has 5 atom stereocenters. The highest BCUT2D eigenvalue weighted by Gasteiger charge is 2.68. The van der Waals surface area contributed by atoms with Crippen LogP contribution in [0, 0.1) is 0 Å². The van der Waals surface area contributed by atoms with Gasteiger partial charge in [-0.15, -0.1) is 0 Å². The van der Waals surface area contributed by atoms with Crippen molar-refractivity contribution in [3.05, 3.63) is 0 Å². The van der Waals surface area contributed by atoms with Gasteiger partial charge in [0.15, 0.2) is 16.6 Å². The summed E-state index contributed by atoms with van der Waals surface area (Å²) >= 11 is 2.31. The fourth-order valence-electron chi connectivity index (χ4n) is 3.07. The number of aliphatic hydroxyl groups excluding tert-OH is 1. The monoisotopic (exact) mass is 530 g/mol. The minimum Gasteiger partial charge on any atom is -0.408 e. The van der Waals surface area contributed by atoms with Gasteiger partial charge in [0.05, 0.1) is 11.0 Å². The molecule has 0 aromatic rings. The van der Waals surface area contributed by atoms with E-state index in [0.717, 1.165) is 0 Å². The minimum atomic E-state index is -2.06. The average Bonchev–Trinajstić information content (AvgIpc) is 3.00. The molecule has 0 radical (unpaired) electrons. The van der Waals surface area contributed by atoms with Crippen LogP contribution in [0.1, 0.15) is 41.5 Å². The number of fused-ring (bicyclic) bond motifs is 2. The molecular weight excluding hydrogens is 491 g/mol. The van der Waals surface area contributed by atoms with Crippen LogP contribution < -0.4 is 0 Å². The van der Waals surface area contributed by atoms with E-state index >= 15 is 0 Å². The van der Waals surface area contributed by atoms with E-state index in [4.69, 9.17) is 18.3 Å². The molecule has 2 bridgehead atoms. The SMILES string of the molecule is CC(C)(C)[Si](C)(C)O[C@H]1[C@H]2OC(CI)(O[C@@H]2CO)[C@@H]1O[Si](C)(C)C(C)(C)C. The average molecular weight is 531 g/mol. The standard InChI is InChI=1S/C19H39IO5Si2/c1-17(2,3)26(7,8)24-15-14-13(11-21)22-19(12-20,23-14)16(15)25-27(9,10)18(4,5)6/h13-16,21H,11-12H2,1-10H3/t13-,14+,15+,16-,19?/m1/s1. The number of hydrogen-bond donors (Lipinski definition) is 1. The van der Waals surface area contributed by atoms with E-state index in [1.807, 2.05) is 0 Å². The summed E-state index contributed by atoms with van der Waals surface area (Å²) in [4.78, 5) is 0. The molecule has 2 rings (SSSR count). The van der Waals surface area contributed by atoms with Gasteiger partial charge in [-0.3, -0.25) is 0 Å². The second kappa shape index (κ2) is 7.58. The van der Waals surface area contributed by atoms with Crippen molar-refractivity contribution in [3.63, 3.8) is 0 Å². The van der Waals surface area contributed by atoms with Gasteiger partial charge >= 0.3 is 0 Å². The molecule has 27 heavy (non-hydrogen) atoms. The van der Waals surface area contributed by atoms with Crippen LogP contribution in [0.3, 0.4) is 0 Å². The Morgan fingerprint density at radius 3 is 1.81 bits per heavy atom. The Morgan fingerprint density at radius 1 is 0.926 bits per heavy atom.